The van der Waals surface area contributed by atoms with Gasteiger partial charge in [-0.25, -0.2) is 8.78 Å². The fraction of sp³-hybridized carbons (Fsp3) is 0.176. The van der Waals surface area contributed by atoms with Gasteiger partial charge in [0.05, 0.1) is 13.0 Å². The lowest BCUT2D eigenvalue weighted by Gasteiger charge is -2.07. The summed E-state index contributed by atoms with van der Waals surface area (Å²) >= 11 is 0. The predicted molar refractivity (Wildman–Crippen MR) is 81.4 cm³/mol. The third-order valence-electron chi connectivity index (χ3n) is 3.13. The summed E-state index contributed by atoms with van der Waals surface area (Å²) in [6, 6.07) is 11.4. The highest BCUT2D eigenvalue weighted by Gasteiger charge is 2.07. The van der Waals surface area contributed by atoms with Gasteiger partial charge in [-0.05, 0) is 35.4 Å². The maximum Gasteiger partial charge on any atom is 0.239 e. The van der Waals surface area contributed by atoms with E-state index in [-0.39, 0.29) is 43.0 Å². The largest absolute Gasteiger partial charge is 0.350 e. The Bertz CT molecular complexity index is 670. The van der Waals surface area contributed by atoms with Crippen molar-refractivity contribution < 1.29 is 18.4 Å². The van der Waals surface area contributed by atoms with Crippen molar-refractivity contribution in [1.29, 1.82) is 0 Å². The fourth-order valence-electron chi connectivity index (χ4n) is 1.89. The molecule has 0 unspecified atom stereocenters. The van der Waals surface area contributed by atoms with Crippen molar-refractivity contribution in [2.24, 2.45) is 0 Å². The smallest absolute Gasteiger partial charge is 0.239 e. The zero-order valence-corrected chi connectivity index (χ0v) is 12.3. The van der Waals surface area contributed by atoms with Crippen LogP contribution >= 0.6 is 0 Å². The topological polar surface area (TPSA) is 58.2 Å². The predicted octanol–water partition coefficient (Wildman–Crippen LogP) is 1.94. The first-order chi connectivity index (χ1) is 11.0. The Labute approximate surface area is 132 Å². The molecule has 2 aromatic rings. The van der Waals surface area contributed by atoms with E-state index in [2.05, 4.69) is 10.6 Å². The van der Waals surface area contributed by atoms with Gasteiger partial charge in [-0.3, -0.25) is 9.59 Å². The molecule has 23 heavy (non-hydrogen) atoms. The number of hydrogen-bond donors (Lipinski definition) is 2. The summed E-state index contributed by atoms with van der Waals surface area (Å²) < 4.78 is 25.5. The van der Waals surface area contributed by atoms with E-state index in [1.54, 1.807) is 12.1 Å². The van der Waals surface area contributed by atoms with Crippen LogP contribution in [0, 0.1) is 11.6 Å². The Morgan fingerprint density at radius 3 is 1.83 bits per heavy atom. The first-order valence-electron chi connectivity index (χ1n) is 7.05. The molecule has 2 N–H and O–H groups in total. The van der Waals surface area contributed by atoms with E-state index in [9.17, 15) is 18.4 Å². The molecule has 2 aromatic carbocycles. The number of benzene rings is 2. The summed E-state index contributed by atoms with van der Waals surface area (Å²) in [5.41, 5.74) is 1.42. The van der Waals surface area contributed by atoms with Gasteiger partial charge in [0.1, 0.15) is 11.6 Å². The second kappa shape index (κ2) is 8.03. The minimum absolute atomic E-state index is 0.0749. The molecule has 0 aliphatic heterocycles. The molecule has 0 radical (unpaired) electrons. The third-order valence-corrected chi connectivity index (χ3v) is 3.13. The molecule has 0 heterocycles. The summed E-state index contributed by atoms with van der Waals surface area (Å²) in [7, 11) is 0. The van der Waals surface area contributed by atoms with Crippen molar-refractivity contribution in [3.8, 4) is 0 Å². The minimum atomic E-state index is -0.366. The first kappa shape index (κ1) is 16.6. The molecule has 0 saturated carbocycles. The van der Waals surface area contributed by atoms with Crippen molar-refractivity contribution in [2.75, 3.05) is 6.54 Å². The number of halogens is 2. The Kier molecular flexibility index (Phi) is 5.80. The SMILES string of the molecule is O=C(CNC(=O)Cc1ccc(F)cc1)NCc1ccc(F)cc1. The summed E-state index contributed by atoms with van der Waals surface area (Å²) in [6.07, 6.45) is 0.0749. The molecule has 0 fully saturated rings. The Balaban J connectivity index is 1.70. The number of carbonyl (C=O) groups is 2. The molecule has 2 rings (SSSR count). The van der Waals surface area contributed by atoms with Crippen molar-refractivity contribution in [1.82, 2.24) is 10.6 Å². The molecule has 4 nitrogen and oxygen atoms in total. The molecule has 0 spiro atoms. The van der Waals surface area contributed by atoms with Gasteiger partial charge in [-0.15, -0.1) is 0 Å². The van der Waals surface area contributed by atoms with Crippen LogP contribution in [0.15, 0.2) is 48.5 Å². The highest BCUT2D eigenvalue weighted by Crippen LogP contribution is 2.03. The average molecular weight is 318 g/mol. The van der Waals surface area contributed by atoms with Crippen molar-refractivity contribution in [3.05, 3.63) is 71.3 Å². The van der Waals surface area contributed by atoms with Crippen LogP contribution in [0.25, 0.3) is 0 Å². The molecule has 6 heteroatoms. The zero-order chi connectivity index (χ0) is 16.7. The molecular weight excluding hydrogens is 302 g/mol. The molecule has 120 valence electrons. The molecule has 0 aromatic heterocycles. The van der Waals surface area contributed by atoms with Gasteiger partial charge in [0.2, 0.25) is 11.8 Å². The molecule has 0 aliphatic carbocycles. The average Bonchev–Trinajstić information content (AvgIpc) is 2.54. The molecule has 2 amide bonds. The second-order valence-corrected chi connectivity index (χ2v) is 4.98. The van der Waals surface area contributed by atoms with Crippen LogP contribution in [0.1, 0.15) is 11.1 Å². The van der Waals surface area contributed by atoms with Gasteiger partial charge in [0.25, 0.3) is 0 Å². The highest BCUT2D eigenvalue weighted by molar-refractivity contribution is 5.85. The number of hydrogen-bond acceptors (Lipinski definition) is 2. The van der Waals surface area contributed by atoms with E-state index in [1.165, 1.54) is 36.4 Å². The van der Waals surface area contributed by atoms with Crippen LogP contribution in [0.2, 0.25) is 0 Å². The highest BCUT2D eigenvalue weighted by atomic mass is 19.1. The zero-order valence-electron chi connectivity index (χ0n) is 12.3. The van der Waals surface area contributed by atoms with Gasteiger partial charge in [-0.2, -0.15) is 0 Å². The van der Waals surface area contributed by atoms with E-state index in [4.69, 9.17) is 0 Å². The summed E-state index contributed by atoms with van der Waals surface area (Å²) in [4.78, 5) is 23.3. The van der Waals surface area contributed by atoms with Crippen molar-refractivity contribution >= 4 is 11.8 Å². The molecule has 0 aliphatic rings. The summed E-state index contributed by atoms with van der Waals surface area (Å²) in [5, 5.41) is 5.11. The van der Waals surface area contributed by atoms with E-state index in [0.29, 0.717) is 5.56 Å². The normalized spacial score (nSPS) is 10.2. The van der Waals surface area contributed by atoms with Gasteiger partial charge < -0.3 is 10.6 Å². The second-order valence-electron chi connectivity index (χ2n) is 4.98. The number of amides is 2. The first-order valence-corrected chi connectivity index (χ1v) is 7.05. The number of nitrogens with one attached hydrogen (secondary N) is 2. The van der Waals surface area contributed by atoms with Crippen LogP contribution in [0.3, 0.4) is 0 Å². The minimum Gasteiger partial charge on any atom is -0.350 e. The van der Waals surface area contributed by atoms with Gasteiger partial charge in [0.15, 0.2) is 0 Å². The van der Waals surface area contributed by atoms with Crippen LogP contribution in [0.5, 0.6) is 0 Å². The van der Waals surface area contributed by atoms with Gasteiger partial charge in [0, 0.05) is 6.54 Å². The lowest BCUT2D eigenvalue weighted by Crippen LogP contribution is -2.37. The van der Waals surface area contributed by atoms with E-state index in [0.717, 1.165) is 5.56 Å². The van der Waals surface area contributed by atoms with Crippen LogP contribution in [-0.4, -0.2) is 18.4 Å². The monoisotopic (exact) mass is 318 g/mol. The van der Waals surface area contributed by atoms with Gasteiger partial charge >= 0.3 is 0 Å². The molecule has 0 atom stereocenters. The fourth-order valence-corrected chi connectivity index (χ4v) is 1.89. The summed E-state index contributed by atoms with van der Waals surface area (Å²) in [6.45, 7) is 0.105. The lowest BCUT2D eigenvalue weighted by molar-refractivity contribution is -0.125. The quantitative estimate of drug-likeness (QED) is 0.855. The Morgan fingerprint density at radius 1 is 0.739 bits per heavy atom. The maximum absolute atomic E-state index is 12.8. The lowest BCUT2D eigenvalue weighted by atomic mass is 10.1. The van der Waals surface area contributed by atoms with E-state index < -0.39 is 0 Å². The van der Waals surface area contributed by atoms with Gasteiger partial charge in [-0.1, -0.05) is 24.3 Å². The third kappa shape index (κ3) is 5.86. The molecule has 0 saturated heterocycles. The van der Waals surface area contributed by atoms with Crippen molar-refractivity contribution in [3.63, 3.8) is 0 Å². The van der Waals surface area contributed by atoms with Crippen molar-refractivity contribution in [2.45, 2.75) is 13.0 Å². The molecule has 0 bridgehead atoms. The maximum atomic E-state index is 12.8. The van der Waals surface area contributed by atoms with Crippen LogP contribution < -0.4 is 10.6 Å². The van der Waals surface area contributed by atoms with E-state index in [1.807, 2.05) is 0 Å². The number of rotatable bonds is 6. The van der Waals surface area contributed by atoms with Crippen LogP contribution in [0.4, 0.5) is 8.78 Å². The Morgan fingerprint density at radius 2 is 1.26 bits per heavy atom. The summed E-state index contributed by atoms with van der Waals surface area (Å²) in [5.74, 6) is -1.38. The Hall–Kier alpha value is -2.76. The molecular formula is C17H16F2N2O2. The van der Waals surface area contributed by atoms with E-state index >= 15 is 0 Å². The number of carbonyl (C=O) groups excluding carboxylic acids is 2. The standard InChI is InChI=1S/C17H16F2N2O2/c18-14-5-1-12(2-6-14)9-16(22)21-11-17(23)20-10-13-3-7-15(19)8-4-13/h1-8H,9-11H2,(H,20,23)(H,21,22). The van der Waals surface area contributed by atoms with Crippen LogP contribution in [-0.2, 0) is 22.6 Å².